The Kier molecular flexibility index (Phi) is 3.38. The summed E-state index contributed by atoms with van der Waals surface area (Å²) in [4.78, 5) is 11.6. The first-order valence-corrected chi connectivity index (χ1v) is 8.70. The van der Waals surface area contributed by atoms with Gasteiger partial charge in [-0.3, -0.25) is 0 Å². The van der Waals surface area contributed by atoms with Crippen molar-refractivity contribution in [3.8, 4) is 0 Å². The van der Waals surface area contributed by atoms with Gasteiger partial charge in [-0.15, -0.1) is 0 Å². The molecule has 5 heteroatoms. The fraction of sp³-hybridized carbons (Fsp3) is 0.529. The Morgan fingerprint density at radius 2 is 2.36 bits per heavy atom. The van der Waals surface area contributed by atoms with Gasteiger partial charge < -0.3 is 9.53 Å². The third-order valence-corrected chi connectivity index (χ3v) is 5.92. The molecule has 0 N–H and O–H groups in total. The van der Waals surface area contributed by atoms with Gasteiger partial charge in [0.25, 0.3) is 0 Å². The summed E-state index contributed by atoms with van der Waals surface area (Å²) in [5.74, 6) is 0. The summed E-state index contributed by atoms with van der Waals surface area (Å²) in [7, 11) is 0. The lowest BCUT2D eigenvalue weighted by Gasteiger charge is -2.24. The molecule has 1 aliphatic heterocycles. The van der Waals surface area contributed by atoms with E-state index < -0.39 is 0 Å². The quantitative estimate of drug-likeness (QED) is 0.760. The van der Waals surface area contributed by atoms with Gasteiger partial charge >= 0.3 is 0 Å². The number of carbonyl (C=O) groups excluding carboxylic acids is 1. The second-order valence-corrected chi connectivity index (χ2v) is 7.40. The van der Waals surface area contributed by atoms with Crippen LogP contribution in [0.1, 0.15) is 50.0 Å². The monoisotopic (exact) mass is 362 g/mol. The molecule has 116 valence electrons. The van der Waals surface area contributed by atoms with Crippen molar-refractivity contribution in [3.05, 3.63) is 27.9 Å². The van der Waals surface area contributed by atoms with E-state index in [1.807, 2.05) is 17.8 Å². The first-order valence-electron chi connectivity index (χ1n) is 7.91. The number of ether oxygens (including phenoxy) is 1. The average molecular weight is 363 g/mol. The van der Waals surface area contributed by atoms with Crippen molar-refractivity contribution in [2.45, 2.75) is 50.7 Å². The van der Waals surface area contributed by atoms with Gasteiger partial charge in [0.2, 0.25) is 0 Å². The van der Waals surface area contributed by atoms with Gasteiger partial charge in [-0.25, -0.2) is 4.68 Å². The third-order valence-electron chi connectivity index (χ3n) is 5.10. The second kappa shape index (κ2) is 5.17. The number of aldehydes is 1. The number of hydrogen-bond acceptors (Lipinski definition) is 3. The molecule has 0 saturated carbocycles. The summed E-state index contributed by atoms with van der Waals surface area (Å²) in [6.07, 6.45) is 8.16. The summed E-state index contributed by atoms with van der Waals surface area (Å²) in [6.45, 7) is 2.83. The molecule has 4 rings (SSSR count). The number of rotatable bonds is 2. The molecule has 1 aliphatic carbocycles. The maximum Gasteiger partial charge on any atom is 0.150 e. The fourth-order valence-corrected chi connectivity index (χ4v) is 4.81. The number of carbonyl (C=O) groups is 1. The van der Waals surface area contributed by atoms with Crippen LogP contribution in [0.3, 0.4) is 0 Å². The third kappa shape index (κ3) is 1.98. The average Bonchev–Trinajstić information content (AvgIpc) is 3.11. The number of hydrogen-bond donors (Lipinski definition) is 0. The van der Waals surface area contributed by atoms with Crippen LogP contribution in [0.25, 0.3) is 10.9 Å². The van der Waals surface area contributed by atoms with Crippen molar-refractivity contribution in [2.75, 3.05) is 6.61 Å². The summed E-state index contributed by atoms with van der Waals surface area (Å²) < 4.78 is 8.91. The highest BCUT2D eigenvalue weighted by atomic mass is 79.9. The highest BCUT2D eigenvalue weighted by Crippen LogP contribution is 2.45. The molecule has 0 spiro atoms. The zero-order chi connectivity index (χ0) is 15.3. The highest BCUT2D eigenvalue weighted by Gasteiger charge is 2.37. The van der Waals surface area contributed by atoms with Crippen LogP contribution in [0.4, 0.5) is 0 Å². The van der Waals surface area contributed by atoms with E-state index in [4.69, 9.17) is 4.74 Å². The van der Waals surface area contributed by atoms with E-state index in [2.05, 4.69) is 27.1 Å². The lowest BCUT2D eigenvalue weighted by atomic mass is 9.85. The first kappa shape index (κ1) is 14.4. The SMILES string of the molecule is CC1(C=O)CCc2cc3c(cnn3C3CCCCO3)c(Br)c21. The Balaban J connectivity index is 1.88. The Morgan fingerprint density at radius 1 is 1.50 bits per heavy atom. The van der Waals surface area contributed by atoms with Gasteiger partial charge in [0.15, 0.2) is 6.23 Å². The molecule has 1 fully saturated rings. The maximum atomic E-state index is 11.6. The van der Waals surface area contributed by atoms with Crippen molar-refractivity contribution in [1.29, 1.82) is 0 Å². The van der Waals surface area contributed by atoms with Crippen LogP contribution in [0, 0.1) is 0 Å². The molecule has 2 unspecified atom stereocenters. The number of halogens is 1. The molecule has 2 heterocycles. The van der Waals surface area contributed by atoms with E-state index in [-0.39, 0.29) is 11.6 Å². The van der Waals surface area contributed by atoms with Crippen molar-refractivity contribution in [3.63, 3.8) is 0 Å². The van der Waals surface area contributed by atoms with Crippen molar-refractivity contribution in [2.24, 2.45) is 0 Å². The molecule has 4 nitrogen and oxygen atoms in total. The smallest absolute Gasteiger partial charge is 0.150 e. The van der Waals surface area contributed by atoms with Crippen LogP contribution >= 0.6 is 15.9 Å². The lowest BCUT2D eigenvalue weighted by molar-refractivity contribution is -0.112. The minimum atomic E-state index is -0.383. The second-order valence-electron chi connectivity index (χ2n) is 6.60. The van der Waals surface area contributed by atoms with Crippen LogP contribution in [-0.4, -0.2) is 22.7 Å². The van der Waals surface area contributed by atoms with Gasteiger partial charge in [-0.05, 0) is 72.2 Å². The summed E-state index contributed by atoms with van der Waals surface area (Å²) >= 11 is 3.73. The standard InChI is InChI=1S/C17H19BrN2O2/c1-17(10-21)6-5-11-8-13-12(16(18)15(11)17)9-19-20(13)14-4-2-3-7-22-14/h8-10,14H,2-7H2,1H3. The first-order chi connectivity index (χ1) is 10.6. The van der Waals surface area contributed by atoms with E-state index >= 15 is 0 Å². The Labute approximate surface area is 138 Å². The normalized spacial score (nSPS) is 28.0. The lowest BCUT2D eigenvalue weighted by Crippen LogP contribution is -2.20. The molecule has 2 aromatic rings. The molecule has 1 aromatic carbocycles. The van der Waals surface area contributed by atoms with E-state index in [1.165, 1.54) is 12.0 Å². The van der Waals surface area contributed by atoms with Crippen LogP contribution in [0.5, 0.6) is 0 Å². The number of aryl methyl sites for hydroxylation is 1. The number of benzene rings is 1. The van der Waals surface area contributed by atoms with Crippen molar-refractivity contribution in [1.82, 2.24) is 9.78 Å². The predicted molar refractivity (Wildman–Crippen MR) is 88.0 cm³/mol. The minimum absolute atomic E-state index is 0.0371. The zero-order valence-corrected chi connectivity index (χ0v) is 14.2. The van der Waals surface area contributed by atoms with Gasteiger partial charge in [0.05, 0.1) is 11.7 Å². The highest BCUT2D eigenvalue weighted by molar-refractivity contribution is 9.10. The van der Waals surface area contributed by atoms with Gasteiger partial charge in [-0.2, -0.15) is 5.10 Å². The molecule has 1 aromatic heterocycles. The fourth-order valence-electron chi connectivity index (χ4n) is 3.80. The summed E-state index contributed by atoms with van der Waals surface area (Å²) in [6, 6.07) is 2.20. The van der Waals surface area contributed by atoms with E-state index in [0.29, 0.717) is 0 Å². The molecular formula is C17H19BrN2O2. The molecule has 0 amide bonds. The van der Waals surface area contributed by atoms with Crippen LogP contribution < -0.4 is 0 Å². The number of nitrogens with zero attached hydrogens (tertiary/aromatic N) is 2. The molecule has 1 saturated heterocycles. The van der Waals surface area contributed by atoms with Gasteiger partial charge in [0.1, 0.15) is 6.29 Å². The maximum absolute atomic E-state index is 11.6. The van der Waals surface area contributed by atoms with Crippen LogP contribution in [0.2, 0.25) is 0 Å². The molecule has 0 bridgehead atoms. The Bertz CT molecular complexity index is 749. The summed E-state index contributed by atoms with van der Waals surface area (Å²) in [5, 5.41) is 5.64. The minimum Gasteiger partial charge on any atom is -0.356 e. The van der Waals surface area contributed by atoms with Gasteiger partial charge in [0, 0.05) is 21.9 Å². The van der Waals surface area contributed by atoms with Crippen LogP contribution in [0.15, 0.2) is 16.7 Å². The van der Waals surface area contributed by atoms with E-state index in [9.17, 15) is 4.79 Å². The van der Waals surface area contributed by atoms with Crippen molar-refractivity contribution < 1.29 is 9.53 Å². The predicted octanol–water partition coefficient (Wildman–Crippen LogP) is 3.90. The Hall–Kier alpha value is -1.20. The molecule has 2 atom stereocenters. The van der Waals surface area contributed by atoms with Gasteiger partial charge in [-0.1, -0.05) is 0 Å². The molecule has 0 radical (unpaired) electrons. The van der Waals surface area contributed by atoms with E-state index in [1.54, 1.807) is 0 Å². The molecular weight excluding hydrogens is 344 g/mol. The molecule has 22 heavy (non-hydrogen) atoms. The zero-order valence-electron chi connectivity index (χ0n) is 12.6. The van der Waals surface area contributed by atoms with E-state index in [0.717, 1.165) is 59.5 Å². The topological polar surface area (TPSA) is 44.1 Å². The number of fused-ring (bicyclic) bond motifs is 2. The van der Waals surface area contributed by atoms with Crippen molar-refractivity contribution >= 4 is 33.1 Å². The largest absolute Gasteiger partial charge is 0.356 e. The summed E-state index contributed by atoms with van der Waals surface area (Å²) in [5.41, 5.74) is 3.12. The Morgan fingerprint density at radius 3 is 3.09 bits per heavy atom. The molecule has 2 aliphatic rings. The van der Waals surface area contributed by atoms with Crippen LogP contribution in [-0.2, 0) is 21.4 Å². The number of aromatic nitrogens is 2.